The van der Waals surface area contributed by atoms with Crippen LogP contribution in [0.3, 0.4) is 0 Å². The van der Waals surface area contributed by atoms with Gasteiger partial charge in [0.15, 0.2) is 0 Å². The highest BCUT2D eigenvalue weighted by molar-refractivity contribution is 5.95. The zero-order valence-corrected chi connectivity index (χ0v) is 26.5. The zero-order chi connectivity index (χ0) is 31.3. The molecule has 0 saturated carbocycles. The van der Waals surface area contributed by atoms with Gasteiger partial charge in [0.05, 0.1) is 40.2 Å². The number of aromatic nitrogens is 2. The Hall–Kier alpha value is -3.82. The molecule has 0 radical (unpaired) electrons. The molecule has 5 rings (SSSR count). The SMILES string of the molecule is CCCCN(C(=O)CN1C[C@H](c2ccc3c(c2)CCO3)[C@@H](C(=O)O)[C@@H]1CCc1ncccn1)c1cccc(C[N+](C)(C)C)c1. The molecule has 9 heteroatoms. The monoisotopic (exact) mass is 600 g/mol. The number of ether oxygens (including phenoxy) is 1. The molecule has 44 heavy (non-hydrogen) atoms. The Morgan fingerprint density at radius 1 is 1.09 bits per heavy atom. The first kappa shape index (κ1) is 31.6. The topological polar surface area (TPSA) is 95.9 Å². The Kier molecular flexibility index (Phi) is 9.96. The number of carboxylic acids is 1. The molecule has 0 spiro atoms. The first-order valence-corrected chi connectivity index (χ1v) is 15.8. The lowest BCUT2D eigenvalue weighted by atomic mass is 9.83. The number of carbonyl (C=O) groups is 2. The van der Waals surface area contributed by atoms with E-state index in [1.807, 2.05) is 29.2 Å². The third-order valence-corrected chi connectivity index (χ3v) is 8.71. The fraction of sp³-hybridized carbons (Fsp3) is 0.486. The van der Waals surface area contributed by atoms with Crippen molar-refractivity contribution in [1.82, 2.24) is 14.9 Å². The van der Waals surface area contributed by atoms with Crippen molar-refractivity contribution in [3.63, 3.8) is 0 Å². The number of unbranched alkanes of at least 4 members (excludes halogenated alkanes) is 1. The highest BCUT2D eigenvalue weighted by Gasteiger charge is 2.47. The van der Waals surface area contributed by atoms with E-state index in [0.717, 1.165) is 52.9 Å². The number of benzene rings is 2. The van der Waals surface area contributed by atoms with Crippen LogP contribution in [-0.4, -0.2) is 89.8 Å². The summed E-state index contributed by atoms with van der Waals surface area (Å²) in [6, 6.07) is 15.8. The van der Waals surface area contributed by atoms with Crippen molar-refractivity contribution >= 4 is 17.6 Å². The molecular formula is C35H46N5O4+. The van der Waals surface area contributed by atoms with Crippen LogP contribution in [0.1, 0.15) is 54.6 Å². The van der Waals surface area contributed by atoms with Crippen LogP contribution >= 0.6 is 0 Å². The quantitative estimate of drug-likeness (QED) is 0.288. The molecule has 1 fully saturated rings. The van der Waals surface area contributed by atoms with E-state index in [4.69, 9.17) is 4.74 Å². The highest BCUT2D eigenvalue weighted by Crippen LogP contribution is 2.41. The highest BCUT2D eigenvalue weighted by atomic mass is 16.5. The van der Waals surface area contributed by atoms with E-state index in [2.05, 4.69) is 61.1 Å². The number of amides is 1. The lowest BCUT2D eigenvalue weighted by Crippen LogP contribution is -2.44. The number of anilines is 1. The van der Waals surface area contributed by atoms with E-state index in [-0.39, 0.29) is 24.4 Å². The summed E-state index contributed by atoms with van der Waals surface area (Å²) in [6.45, 7) is 4.89. The molecule has 1 aromatic heterocycles. The first-order chi connectivity index (χ1) is 21.1. The second-order valence-corrected chi connectivity index (χ2v) is 13.2. The lowest BCUT2D eigenvalue weighted by molar-refractivity contribution is -0.884. The van der Waals surface area contributed by atoms with Crippen molar-refractivity contribution in [1.29, 1.82) is 0 Å². The number of nitrogens with zero attached hydrogens (tertiary/aromatic N) is 5. The Balaban J connectivity index is 1.44. The largest absolute Gasteiger partial charge is 0.493 e. The zero-order valence-electron chi connectivity index (χ0n) is 26.5. The number of carbonyl (C=O) groups excluding carboxylic acids is 1. The number of hydrogen-bond donors (Lipinski definition) is 1. The second-order valence-electron chi connectivity index (χ2n) is 13.2. The number of aliphatic carboxylic acids is 1. The lowest BCUT2D eigenvalue weighted by Gasteiger charge is -2.30. The molecule has 3 atom stereocenters. The summed E-state index contributed by atoms with van der Waals surface area (Å²) in [5.41, 5.74) is 4.19. The van der Waals surface area contributed by atoms with Gasteiger partial charge < -0.3 is 19.2 Å². The fourth-order valence-electron chi connectivity index (χ4n) is 6.71. The summed E-state index contributed by atoms with van der Waals surface area (Å²) < 4.78 is 6.51. The van der Waals surface area contributed by atoms with Crippen molar-refractivity contribution in [3.05, 3.63) is 83.4 Å². The Bertz CT molecular complexity index is 1440. The van der Waals surface area contributed by atoms with Gasteiger partial charge >= 0.3 is 5.97 Å². The fourth-order valence-corrected chi connectivity index (χ4v) is 6.71. The summed E-state index contributed by atoms with van der Waals surface area (Å²) in [4.78, 5) is 39.9. The average molecular weight is 601 g/mol. The maximum absolute atomic E-state index is 14.2. The first-order valence-electron chi connectivity index (χ1n) is 15.8. The third kappa shape index (κ3) is 7.63. The summed E-state index contributed by atoms with van der Waals surface area (Å²) in [7, 11) is 6.47. The number of fused-ring (bicyclic) bond motifs is 1. The van der Waals surface area contributed by atoms with Gasteiger partial charge in [0, 0.05) is 61.5 Å². The summed E-state index contributed by atoms with van der Waals surface area (Å²) in [6.07, 6.45) is 7.18. The second kappa shape index (κ2) is 13.9. The van der Waals surface area contributed by atoms with Crippen LogP contribution in [0, 0.1) is 5.92 Å². The number of hydrogen-bond acceptors (Lipinski definition) is 6. The Labute approximate surface area is 261 Å². The van der Waals surface area contributed by atoms with Gasteiger partial charge in [0.1, 0.15) is 18.1 Å². The molecule has 1 saturated heterocycles. The van der Waals surface area contributed by atoms with Gasteiger partial charge in [-0.25, -0.2) is 9.97 Å². The van der Waals surface area contributed by atoms with Gasteiger partial charge in [-0.1, -0.05) is 37.6 Å². The predicted octanol–water partition coefficient (Wildman–Crippen LogP) is 4.55. The van der Waals surface area contributed by atoms with E-state index in [9.17, 15) is 14.7 Å². The average Bonchev–Trinajstić information content (AvgIpc) is 3.60. The van der Waals surface area contributed by atoms with E-state index in [1.165, 1.54) is 5.56 Å². The molecule has 2 aliphatic heterocycles. The van der Waals surface area contributed by atoms with Gasteiger partial charge in [-0.05, 0) is 48.2 Å². The van der Waals surface area contributed by atoms with Crippen LogP contribution in [0.15, 0.2) is 60.9 Å². The summed E-state index contributed by atoms with van der Waals surface area (Å²) >= 11 is 0. The molecule has 3 heterocycles. The van der Waals surface area contributed by atoms with Crippen molar-refractivity contribution in [2.45, 2.75) is 57.5 Å². The van der Waals surface area contributed by atoms with Gasteiger partial charge in [0.2, 0.25) is 5.91 Å². The van der Waals surface area contributed by atoms with Gasteiger partial charge in [0.25, 0.3) is 0 Å². The predicted molar refractivity (Wildman–Crippen MR) is 171 cm³/mol. The molecule has 1 N–H and O–H groups in total. The molecule has 234 valence electrons. The molecule has 0 unspecified atom stereocenters. The van der Waals surface area contributed by atoms with Gasteiger partial charge in [-0.3, -0.25) is 14.5 Å². The Morgan fingerprint density at radius 2 is 1.89 bits per heavy atom. The van der Waals surface area contributed by atoms with Crippen LogP contribution in [0.2, 0.25) is 0 Å². The van der Waals surface area contributed by atoms with E-state index in [1.54, 1.807) is 18.5 Å². The number of carboxylic acid groups (broad SMARTS) is 1. The van der Waals surface area contributed by atoms with Crippen LogP contribution in [0.4, 0.5) is 5.69 Å². The van der Waals surface area contributed by atoms with Crippen molar-refractivity contribution in [3.8, 4) is 5.75 Å². The maximum Gasteiger partial charge on any atom is 0.308 e. The number of likely N-dealkylation sites (tertiary alicyclic amines) is 1. The standard InChI is InChI=1S/C35H45N5O4/c1-5-6-18-39(28-10-7-9-25(20-28)24-40(2,3)4)33(41)23-38-22-29(26-11-13-31-27(21-26)15-19-44-31)34(35(42)43)30(38)12-14-32-36-16-8-17-37-32/h7-11,13,16-17,20-21,29-30,34H,5-6,12,14-15,18-19,22-24H2,1-4H3/p+1/t29-,30+,34-/m1/s1. The molecule has 9 nitrogen and oxygen atoms in total. The van der Waals surface area contributed by atoms with Crippen molar-refractivity contribution in [2.24, 2.45) is 5.92 Å². The molecule has 2 aliphatic rings. The molecule has 2 aromatic carbocycles. The van der Waals surface area contributed by atoms with Crippen molar-refractivity contribution in [2.75, 3.05) is 52.3 Å². The number of quaternary nitrogens is 1. The van der Waals surface area contributed by atoms with Crippen LogP contribution < -0.4 is 9.64 Å². The van der Waals surface area contributed by atoms with Crippen LogP contribution in [0.25, 0.3) is 0 Å². The van der Waals surface area contributed by atoms with Gasteiger partial charge in [-0.2, -0.15) is 0 Å². The van der Waals surface area contributed by atoms with Gasteiger partial charge in [-0.15, -0.1) is 0 Å². The molecular weight excluding hydrogens is 554 g/mol. The molecule has 0 bridgehead atoms. The minimum absolute atomic E-state index is 0.00560. The smallest absolute Gasteiger partial charge is 0.308 e. The molecule has 3 aromatic rings. The third-order valence-electron chi connectivity index (χ3n) is 8.71. The summed E-state index contributed by atoms with van der Waals surface area (Å²) in [5, 5.41) is 10.6. The summed E-state index contributed by atoms with van der Waals surface area (Å²) in [5.74, 6) is -0.193. The van der Waals surface area contributed by atoms with Crippen molar-refractivity contribution < 1.29 is 23.9 Å². The minimum atomic E-state index is -0.837. The number of rotatable bonds is 13. The number of aryl methyl sites for hydroxylation is 1. The van der Waals surface area contributed by atoms with E-state index >= 15 is 0 Å². The molecule has 0 aliphatic carbocycles. The van der Waals surface area contributed by atoms with Crippen LogP contribution in [-0.2, 0) is 29.0 Å². The van der Waals surface area contributed by atoms with E-state index in [0.29, 0.717) is 38.4 Å². The molecule has 1 amide bonds. The maximum atomic E-state index is 14.2. The minimum Gasteiger partial charge on any atom is -0.493 e. The van der Waals surface area contributed by atoms with Crippen LogP contribution in [0.5, 0.6) is 5.75 Å². The Morgan fingerprint density at radius 3 is 2.61 bits per heavy atom. The van der Waals surface area contributed by atoms with E-state index < -0.39 is 11.9 Å². The normalized spacial score (nSPS) is 19.9.